The van der Waals surface area contributed by atoms with E-state index in [2.05, 4.69) is 45.4 Å². The second-order valence-electron chi connectivity index (χ2n) is 7.73. The minimum Gasteiger partial charge on any atom is -0.496 e. The van der Waals surface area contributed by atoms with Crippen molar-refractivity contribution in [2.45, 2.75) is 25.3 Å². The zero-order chi connectivity index (χ0) is 19.3. The van der Waals surface area contributed by atoms with Crippen molar-refractivity contribution < 1.29 is 4.74 Å². The van der Waals surface area contributed by atoms with Crippen LogP contribution < -0.4 is 15.0 Å². The predicted molar refractivity (Wildman–Crippen MR) is 117 cm³/mol. The van der Waals surface area contributed by atoms with Crippen LogP contribution in [0.1, 0.15) is 30.0 Å². The van der Waals surface area contributed by atoms with Crippen LogP contribution in [0, 0.1) is 0 Å². The maximum absolute atomic E-state index is 6.00. The van der Waals surface area contributed by atoms with Crippen LogP contribution in [-0.4, -0.2) is 51.3 Å². The number of anilines is 1. The van der Waals surface area contributed by atoms with E-state index in [0.717, 1.165) is 56.5 Å². The fourth-order valence-electron chi connectivity index (χ4n) is 4.50. The topological polar surface area (TPSA) is 27.7 Å². The summed E-state index contributed by atoms with van der Waals surface area (Å²) in [6.45, 7) is 6.50. The Morgan fingerprint density at radius 1 is 1.07 bits per heavy atom. The van der Waals surface area contributed by atoms with Crippen molar-refractivity contribution in [1.82, 2.24) is 10.2 Å². The van der Waals surface area contributed by atoms with Gasteiger partial charge in [-0.25, -0.2) is 0 Å². The maximum atomic E-state index is 6.00. The molecule has 2 aliphatic rings. The summed E-state index contributed by atoms with van der Waals surface area (Å²) < 4.78 is 5.57. The Hall–Kier alpha value is -1.75. The van der Waals surface area contributed by atoms with Gasteiger partial charge in [-0.2, -0.15) is 0 Å². The summed E-state index contributed by atoms with van der Waals surface area (Å²) in [6.07, 6.45) is 3.57. The number of ether oxygens (including phenoxy) is 1. The Balaban J connectivity index is 1.25. The van der Waals surface area contributed by atoms with Crippen LogP contribution in [0.4, 0.5) is 5.69 Å². The lowest BCUT2D eigenvalue weighted by Crippen LogP contribution is -2.48. The van der Waals surface area contributed by atoms with E-state index in [-0.39, 0.29) is 0 Å². The Labute approximate surface area is 173 Å². The molecule has 1 fully saturated rings. The molecular weight excluding hydrogens is 370 g/mol. The first-order valence-electron chi connectivity index (χ1n) is 10.4. The van der Waals surface area contributed by atoms with Crippen LogP contribution >= 0.6 is 11.6 Å². The van der Waals surface area contributed by atoms with Crippen LogP contribution in [0.15, 0.2) is 42.5 Å². The van der Waals surface area contributed by atoms with Crippen molar-refractivity contribution in [1.29, 1.82) is 0 Å². The Morgan fingerprint density at radius 3 is 2.61 bits per heavy atom. The summed E-state index contributed by atoms with van der Waals surface area (Å²) in [4.78, 5) is 5.01. The molecule has 1 unspecified atom stereocenters. The first-order chi connectivity index (χ1) is 13.7. The smallest absolute Gasteiger partial charge is 0.122 e. The zero-order valence-corrected chi connectivity index (χ0v) is 17.4. The number of methoxy groups -OCH3 is 1. The van der Waals surface area contributed by atoms with Crippen LogP contribution in [0.5, 0.6) is 5.75 Å². The number of hydrogen-bond acceptors (Lipinski definition) is 4. The molecule has 2 aromatic carbocycles. The zero-order valence-electron chi connectivity index (χ0n) is 16.7. The van der Waals surface area contributed by atoms with E-state index < -0.39 is 0 Å². The van der Waals surface area contributed by atoms with E-state index >= 15 is 0 Å². The number of nitrogens with zero attached hydrogens (tertiary/aromatic N) is 2. The van der Waals surface area contributed by atoms with Gasteiger partial charge in [0, 0.05) is 56.0 Å². The van der Waals surface area contributed by atoms with Gasteiger partial charge in [0.05, 0.1) is 7.11 Å². The van der Waals surface area contributed by atoms with Gasteiger partial charge >= 0.3 is 0 Å². The highest BCUT2D eigenvalue weighted by molar-refractivity contribution is 6.30. The van der Waals surface area contributed by atoms with Crippen molar-refractivity contribution in [3.05, 3.63) is 58.6 Å². The highest BCUT2D eigenvalue weighted by Crippen LogP contribution is 2.35. The van der Waals surface area contributed by atoms with Crippen LogP contribution in [0.2, 0.25) is 5.02 Å². The average Bonchev–Trinajstić information content (AvgIpc) is 2.74. The molecule has 0 amide bonds. The molecule has 1 N–H and O–H groups in total. The third kappa shape index (κ3) is 4.45. The van der Waals surface area contributed by atoms with E-state index in [0.29, 0.717) is 6.04 Å². The molecule has 1 heterocycles. The number of piperazine rings is 1. The van der Waals surface area contributed by atoms with E-state index in [1.807, 2.05) is 12.1 Å². The molecule has 4 nitrogen and oxygen atoms in total. The lowest BCUT2D eigenvalue weighted by Gasteiger charge is -2.36. The number of nitrogens with one attached hydrogen (secondary N) is 1. The van der Waals surface area contributed by atoms with Crippen LogP contribution in [-0.2, 0) is 6.42 Å². The third-order valence-electron chi connectivity index (χ3n) is 6.07. The van der Waals surface area contributed by atoms with E-state index in [1.165, 1.54) is 29.7 Å². The van der Waals surface area contributed by atoms with Crippen molar-refractivity contribution in [3.63, 3.8) is 0 Å². The molecule has 28 heavy (non-hydrogen) atoms. The fourth-order valence-corrected chi connectivity index (χ4v) is 4.62. The molecule has 0 bridgehead atoms. The molecule has 0 spiro atoms. The predicted octanol–water partition coefficient (Wildman–Crippen LogP) is 4.14. The van der Waals surface area contributed by atoms with Gasteiger partial charge in [0.15, 0.2) is 0 Å². The minimum absolute atomic E-state index is 0.453. The average molecular weight is 400 g/mol. The lowest BCUT2D eigenvalue weighted by molar-refractivity contribution is 0.252. The second kappa shape index (κ2) is 9.17. The number of benzene rings is 2. The van der Waals surface area contributed by atoms with E-state index in [1.54, 1.807) is 7.11 Å². The van der Waals surface area contributed by atoms with Gasteiger partial charge in [-0.15, -0.1) is 0 Å². The lowest BCUT2D eigenvalue weighted by atomic mass is 9.87. The monoisotopic (exact) mass is 399 g/mol. The van der Waals surface area contributed by atoms with Crippen molar-refractivity contribution in [2.75, 3.05) is 51.3 Å². The van der Waals surface area contributed by atoms with Crippen molar-refractivity contribution in [3.8, 4) is 5.75 Å². The summed E-state index contributed by atoms with van der Waals surface area (Å²) >= 11 is 6.00. The summed E-state index contributed by atoms with van der Waals surface area (Å²) in [6, 6.07) is 15.1. The van der Waals surface area contributed by atoms with Crippen LogP contribution in [0.3, 0.4) is 0 Å². The molecular formula is C23H30ClN3O. The quantitative estimate of drug-likeness (QED) is 0.790. The molecule has 1 aliphatic heterocycles. The summed E-state index contributed by atoms with van der Waals surface area (Å²) in [5.41, 5.74) is 4.10. The summed E-state index contributed by atoms with van der Waals surface area (Å²) in [7, 11) is 1.77. The molecule has 150 valence electrons. The summed E-state index contributed by atoms with van der Waals surface area (Å²) in [5, 5.41) is 4.60. The molecule has 0 saturated carbocycles. The largest absolute Gasteiger partial charge is 0.496 e. The van der Waals surface area contributed by atoms with Crippen molar-refractivity contribution in [2.24, 2.45) is 0 Å². The molecule has 0 aromatic heterocycles. The number of rotatable bonds is 6. The van der Waals surface area contributed by atoms with Gasteiger partial charge in [0.1, 0.15) is 5.75 Å². The standard InChI is InChI=1S/C23H30ClN3O/c1-28-23-7-3-4-20-21(23)5-2-6-22(20)25-12-13-26-14-16-27(17-15-26)19-10-8-18(24)9-11-19/h3-4,7-11,22,25H,2,5-6,12-17H2,1H3. The van der Waals surface area contributed by atoms with E-state index in [4.69, 9.17) is 16.3 Å². The molecule has 4 rings (SSSR count). The first kappa shape index (κ1) is 19.6. The Bertz CT molecular complexity index is 772. The van der Waals surface area contributed by atoms with Crippen LogP contribution in [0.25, 0.3) is 0 Å². The van der Waals surface area contributed by atoms with Gasteiger partial charge in [0.25, 0.3) is 0 Å². The highest BCUT2D eigenvalue weighted by atomic mass is 35.5. The first-order valence-corrected chi connectivity index (χ1v) is 10.7. The molecule has 2 aromatic rings. The van der Waals surface area contributed by atoms with Gasteiger partial charge < -0.3 is 15.0 Å². The Morgan fingerprint density at radius 2 is 1.86 bits per heavy atom. The minimum atomic E-state index is 0.453. The summed E-state index contributed by atoms with van der Waals surface area (Å²) in [5.74, 6) is 1.04. The molecule has 1 saturated heterocycles. The number of fused-ring (bicyclic) bond motifs is 1. The maximum Gasteiger partial charge on any atom is 0.122 e. The molecule has 1 aliphatic carbocycles. The normalized spacial score (nSPS) is 20.1. The Kier molecular flexibility index (Phi) is 6.40. The van der Waals surface area contributed by atoms with Gasteiger partial charge in [-0.05, 0) is 60.7 Å². The van der Waals surface area contributed by atoms with E-state index in [9.17, 15) is 0 Å². The number of hydrogen-bond donors (Lipinski definition) is 1. The number of halogens is 1. The van der Waals surface area contributed by atoms with Gasteiger partial charge in [0.2, 0.25) is 0 Å². The SMILES string of the molecule is COc1cccc2c1CCCC2NCCN1CCN(c2ccc(Cl)cc2)CC1. The third-order valence-corrected chi connectivity index (χ3v) is 6.32. The van der Waals surface area contributed by atoms with Gasteiger partial charge in [-0.3, -0.25) is 4.90 Å². The fraction of sp³-hybridized carbons (Fsp3) is 0.478. The van der Waals surface area contributed by atoms with Gasteiger partial charge in [-0.1, -0.05) is 23.7 Å². The molecule has 0 radical (unpaired) electrons. The highest BCUT2D eigenvalue weighted by Gasteiger charge is 2.23. The molecule has 1 atom stereocenters. The second-order valence-corrected chi connectivity index (χ2v) is 8.17. The van der Waals surface area contributed by atoms with Crippen molar-refractivity contribution >= 4 is 17.3 Å². The molecule has 5 heteroatoms.